The van der Waals surface area contributed by atoms with E-state index in [0.717, 1.165) is 5.57 Å². The Morgan fingerprint density at radius 3 is 2.46 bits per heavy atom. The Labute approximate surface area is 79.4 Å². The zero-order chi connectivity index (χ0) is 10.5. The molecule has 0 unspecified atom stereocenters. The number of allylic oxidation sites excluding steroid dienone is 1. The quantitative estimate of drug-likeness (QED) is 0.403. The average Bonchev–Trinajstić information content (AvgIpc) is 2.00. The van der Waals surface area contributed by atoms with Crippen molar-refractivity contribution in [1.29, 1.82) is 0 Å². The van der Waals surface area contributed by atoms with Crippen molar-refractivity contribution in [2.45, 2.75) is 46.0 Å². The highest BCUT2D eigenvalue weighted by Gasteiger charge is 2.19. The van der Waals surface area contributed by atoms with Gasteiger partial charge in [0.15, 0.2) is 5.79 Å². The Bertz CT molecular complexity index is 189. The van der Waals surface area contributed by atoms with Crippen molar-refractivity contribution in [3.8, 4) is 0 Å². The number of aliphatic hydroxyl groups is 1. The third-order valence-corrected chi connectivity index (χ3v) is 1.61. The van der Waals surface area contributed by atoms with Gasteiger partial charge in [-0.25, -0.2) is 0 Å². The molecule has 0 amide bonds. The first-order valence-electron chi connectivity index (χ1n) is 4.36. The van der Waals surface area contributed by atoms with Gasteiger partial charge in [-0.1, -0.05) is 11.6 Å². The minimum absolute atomic E-state index is 0.532. The lowest BCUT2D eigenvalue weighted by molar-refractivity contribution is -0.201. The lowest BCUT2D eigenvalue weighted by Crippen LogP contribution is -2.31. The minimum Gasteiger partial charge on any atom is -0.366 e. The Morgan fingerprint density at radius 2 is 2.15 bits per heavy atom. The summed E-state index contributed by atoms with van der Waals surface area (Å²) in [5.74, 6) is -1.25. The molecule has 0 aromatic rings. The van der Waals surface area contributed by atoms with Crippen LogP contribution in [0.1, 0.15) is 34.1 Å². The van der Waals surface area contributed by atoms with Crippen LogP contribution in [0.5, 0.6) is 0 Å². The number of aldehydes is 1. The van der Waals surface area contributed by atoms with Crippen molar-refractivity contribution in [2.24, 2.45) is 0 Å². The fraction of sp³-hybridized carbons (Fsp3) is 0.700. The van der Waals surface area contributed by atoms with Crippen LogP contribution in [-0.4, -0.2) is 23.3 Å². The molecule has 76 valence electrons. The largest absolute Gasteiger partial charge is 0.366 e. The Kier molecular flexibility index (Phi) is 4.88. The van der Waals surface area contributed by atoms with Crippen molar-refractivity contribution < 1.29 is 14.6 Å². The normalized spacial score (nSPS) is 15.6. The van der Waals surface area contributed by atoms with E-state index in [1.54, 1.807) is 0 Å². The van der Waals surface area contributed by atoms with Crippen LogP contribution in [0.2, 0.25) is 0 Å². The Balaban J connectivity index is 4.13. The van der Waals surface area contributed by atoms with Crippen molar-refractivity contribution in [2.75, 3.05) is 0 Å². The highest BCUT2D eigenvalue weighted by Crippen LogP contribution is 2.13. The summed E-state index contributed by atoms with van der Waals surface area (Å²) in [6, 6.07) is 0. The molecule has 13 heavy (non-hydrogen) atoms. The summed E-state index contributed by atoms with van der Waals surface area (Å²) in [6.07, 6.45) is 2.61. The fourth-order valence-electron chi connectivity index (χ4n) is 0.923. The summed E-state index contributed by atoms with van der Waals surface area (Å²) in [4.78, 5) is 10.6. The molecule has 0 heterocycles. The van der Waals surface area contributed by atoms with Crippen LogP contribution in [-0.2, 0) is 9.53 Å². The lowest BCUT2D eigenvalue weighted by Gasteiger charge is -2.22. The van der Waals surface area contributed by atoms with Gasteiger partial charge in [-0.3, -0.25) is 0 Å². The van der Waals surface area contributed by atoms with Crippen LogP contribution in [0.15, 0.2) is 11.6 Å². The van der Waals surface area contributed by atoms with Crippen LogP contribution in [0.3, 0.4) is 0 Å². The van der Waals surface area contributed by atoms with Crippen LogP contribution >= 0.6 is 0 Å². The molecule has 0 aliphatic rings. The van der Waals surface area contributed by atoms with Gasteiger partial charge in [-0.2, -0.15) is 0 Å². The van der Waals surface area contributed by atoms with Crippen LogP contribution < -0.4 is 0 Å². The van der Waals surface area contributed by atoms with Gasteiger partial charge in [-0.15, -0.1) is 0 Å². The van der Waals surface area contributed by atoms with Gasteiger partial charge in [-0.05, 0) is 27.7 Å². The van der Waals surface area contributed by atoms with E-state index in [0.29, 0.717) is 12.7 Å². The molecule has 0 aromatic carbocycles. The number of ether oxygens (including phenoxy) is 1. The minimum atomic E-state index is -1.25. The van der Waals surface area contributed by atoms with Crippen LogP contribution in [0.25, 0.3) is 0 Å². The molecule has 0 saturated heterocycles. The fourth-order valence-corrected chi connectivity index (χ4v) is 0.923. The molecule has 1 N–H and O–H groups in total. The van der Waals surface area contributed by atoms with Crippen LogP contribution in [0.4, 0.5) is 0 Å². The standard InChI is InChI=1S/C10H18O3/c1-5-8(2)6-9(7-11)13-10(3,4)12/h5,7,9,12H,6H2,1-4H3/b8-5-/t9-/m1/s1. The van der Waals surface area contributed by atoms with Gasteiger partial charge in [0.1, 0.15) is 12.4 Å². The first-order valence-corrected chi connectivity index (χ1v) is 4.36. The second-order valence-corrected chi connectivity index (χ2v) is 3.58. The summed E-state index contributed by atoms with van der Waals surface area (Å²) in [6.45, 7) is 6.84. The van der Waals surface area contributed by atoms with E-state index in [-0.39, 0.29) is 0 Å². The molecule has 0 bridgehead atoms. The molecule has 1 atom stereocenters. The van der Waals surface area contributed by atoms with Gasteiger partial charge < -0.3 is 14.6 Å². The molecular formula is C10H18O3. The summed E-state index contributed by atoms with van der Waals surface area (Å²) in [7, 11) is 0. The van der Waals surface area contributed by atoms with Crippen molar-refractivity contribution in [3.63, 3.8) is 0 Å². The van der Waals surface area contributed by atoms with Gasteiger partial charge in [0.2, 0.25) is 0 Å². The number of rotatable bonds is 5. The molecule has 0 fully saturated rings. The molecule has 3 nitrogen and oxygen atoms in total. The van der Waals surface area contributed by atoms with E-state index in [4.69, 9.17) is 4.74 Å². The monoisotopic (exact) mass is 186 g/mol. The number of carbonyl (C=O) groups excluding carboxylic acids is 1. The molecule has 0 rings (SSSR count). The van der Waals surface area contributed by atoms with Gasteiger partial charge >= 0.3 is 0 Å². The average molecular weight is 186 g/mol. The molecule has 0 radical (unpaired) electrons. The molecule has 3 heteroatoms. The van der Waals surface area contributed by atoms with Gasteiger partial charge in [0.25, 0.3) is 0 Å². The van der Waals surface area contributed by atoms with Crippen LogP contribution in [0, 0.1) is 0 Å². The Hall–Kier alpha value is -0.670. The second-order valence-electron chi connectivity index (χ2n) is 3.58. The highest BCUT2D eigenvalue weighted by atomic mass is 16.6. The van der Waals surface area contributed by atoms with Gasteiger partial charge in [0, 0.05) is 6.42 Å². The summed E-state index contributed by atoms with van der Waals surface area (Å²) in [5, 5.41) is 9.30. The Morgan fingerprint density at radius 1 is 1.62 bits per heavy atom. The number of hydrogen-bond acceptors (Lipinski definition) is 3. The first kappa shape index (κ1) is 12.3. The molecule has 0 saturated carbocycles. The van der Waals surface area contributed by atoms with Crippen molar-refractivity contribution in [1.82, 2.24) is 0 Å². The van der Waals surface area contributed by atoms with E-state index in [9.17, 15) is 9.90 Å². The van der Waals surface area contributed by atoms with Gasteiger partial charge in [0.05, 0.1) is 0 Å². The zero-order valence-electron chi connectivity index (χ0n) is 8.70. The molecule has 0 aromatic heterocycles. The molecular weight excluding hydrogens is 168 g/mol. The highest BCUT2D eigenvalue weighted by molar-refractivity contribution is 5.56. The van der Waals surface area contributed by atoms with E-state index in [1.165, 1.54) is 13.8 Å². The molecule has 0 spiro atoms. The maximum atomic E-state index is 10.6. The zero-order valence-corrected chi connectivity index (χ0v) is 8.70. The first-order chi connectivity index (χ1) is 5.89. The third kappa shape index (κ3) is 6.49. The smallest absolute Gasteiger partial charge is 0.160 e. The van der Waals surface area contributed by atoms with E-state index in [2.05, 4.69) is 0 Å². The summed E-state index contributed by atoms with van der Waals surface area (Å²) >= 11 is 0. The van der Waals surface area contributed by atoms with Crippen molar-refractivity contribution in [3.05, 3.63) is 11.6 Å². The van der Waals surface area contributed by atoms with E-state index >= 15 is 0 Å². The third-order valence-electron chi connectivity index (χ3n) is 1.61. The number of hydrogen-bond donors (Lipinski definition) is 1. The molecule has 0 aliphatic heterocycles. The van der Waals surface area contributed by atoms with Crippen molar-refractivity contribution >= 4 is 6.29 Å². The van der Waals surface area contributed by atoms with E-state index < -0.39 is 11.9 Å². The maximum absolute atomic E-state index is 10.6. The summed E-state index contributed by atoms with van der Waals surface area (Å²) < 4.78 is 5.11. The molecule has 0 aliphatic carbocycles. The predicted molar refractivity (Wildman–Crippen MR) is 51.3 cm³/mol. The SMILES string of the molecule is C/C=C(/C)C[C@H](C=O)OC(C)(C)O. The summed E-state index contributed by atoms with van der Waals surface area (Å²) in [5.41, 5.74) is 1.07. The predicted octanol–water partition coefficient (Wildman–Crippen LogP) is 1.66. The topological polar surface area (TPSA) is 46.5 Å². The lowest BCUT2D eigenvalue weighted by atomic mass is 10.1. The van der Waals surface area contributed by atoms with E-state index in [1.807, 2.05) is 19.9 Å². The number of carbonyl (C=O) groups is 1. The second kappa shape index (κ2) is 5.14. The maximum Gasteiger partial charge on any atom is 0.160 e.